The molecular formula is C35H42N4O2. The summed E-state index contributed by atoms with van der Waals surface area (Å²) in [6.07, 6.45) is 0.210. The first-order chi connectivity index (χ1) is 19.0. The van der Waals surface area contributed by atoms with Gasteiger partial charge in [-0.2, -0.15) is 0 Å². The number of fused-ring (bicyclic) bond motifs is 2. The molecule has 3 aromatic rings. The fourth-order valence-corrected chi connectivity index (χ4v) is 4.62. The number of carbonyl (C=O) groups is 1. The molecule has 6 nitrogen and oxygen atoms in total. The Morgan fingerprint density at radius 1 is 0.927 bits per heavy atom. The number of rotatable bonds is 3. The highest BCUT2D eigenvalue weighted by molar-refractivity contribution is 6.00. The lowest BCUT2D eigenvalue weighted by Gasteiger charge is -2.32. The number of H-pyrrole nitrogens is 1. The number of nitrogens with one attached hydrogen (secondary N) is 2. The van der Waals surface area contributed by atoms with Crippen LogP contribution in [0.1, 0.15) is 97.7 Å². The number of carbonyl (C=O) groups excluding carboxylic acids is 1. The van der Waals surface area contributed by atoms with Crippen LogP contribution in [-0.4, -0.2) is 33.4 Å². The molecule has 2 heterocycles. The summed E-state index contributed by atoms with van der Waals surface area (Å²) < 4.78 is 5.51. The van der Waals surface area contributed by atoms with E-state index >= 15 is 0 Å². The molecule has 1 aliphatic heterocycles. The Hall–Kier alpha value is -4.03. The van der Waals surface area contributed by atoms with Gasteiger partial charge in [0.15, 0.2) is 0 Å². The molecule has 0 aliphatic carbocycles. The van der Waals surface area contributed by atoms with E-state index in [0.717, 1.165) is 44.9 Å². The molecule has 1 aliphatic rings. The molecule has 0 fully saturated rings. The maximum Gasteiger partial charge on any atom is 0.408 e. The molecule has 0 spiro atoms. The van der Waals surface area contributed by atoms with Gasteiger partial charge in [0.2, 0.25) is 0 Å². The second kappa shape index (κ2) is 11.1. The van der Waals surface area contributed by atoms with Crippen molar-refractivity contribution in [3.8, 4) is 23.7 Å². The fraction of sp³-hybridized carbons (Fsp3) is 0.457. The SMILES string of the molecule is C[C@H](c1nc2ccc(C#CC#Cc3ccc4c(c3)CC([C@@H](NC(=O)OC(C)(C)C)C(C)(C)C)=N4)cc2[nH]1)C(C)(C)C. The van der Waals surface area contributed by atoms with Crippen molar-refractivity contribution in [2.75, 3.05) is 0 Å². The van der Waals surface area contributed by atoms with Gasteiger partial charge in [0.25, 0.3) is 0 Å². The smallest absolute Gasteiger partial charge is 0.408 e. The van der Waals surface area contributed by atoms with Gasteiger partial charge in [-0.05, 0) is 85.4 Å². The zero-order valence-corrected chi connectivity index (χ0v) is 26.0. The van der Waals surface area contributed by atoms with Crippen molar-refractivity contribution in [3.05, 3.63) is 58.9 Å². The second-order valence-corrected chi connectivity index (χ2v) is 14.0. The van der Waals surface area contributed by atoms with Gasteiger partial charge in [-0.25, -0.2) is 9.78 Å². The highest BCUT2D eigenvalue weighted by Gasteiger charge is 2.34. The van der Waals surface area contributed by atoms with Gasteiger partial charge >= 0.3 is 6.09 Å². The summed E-state index contributed by atoms with van der Waals surface area (Å²) in [5.74, 6) is 13.6. The van der Waals surface area contributed by atoms with E-state index in [0.29, 0.717) is 12.3 Å². The van der Waals surface area contributed by atoms with Crippen molar-refractivity contribution in [2.24, 2.45) is 15.8 Å². The van der Waals surface area contributed by atoms with Crippen LogP contribution in [0.5, 0.6) is 0 Å². The number of amides is 1. The number of aliphatic imine (C=N–C) groups is 1. The summed E-state index contributed by atoms with van der Waals surface area (Å²) in [7, 11) is 0. The molecule has 0 bridgehead atoms. The molecule has 0 radical (unpaired) electrons. The average Bonchev–Trinajstić information content (AvgIpc) is 3.45. The van der Waals surface area contributed by atoms with Crippen molar-refractivity contribution in [3.63, 3.8) is 0 Å². The third-order valence-corrected chi connectivity index (χ3v) is 7.26. The quantitative estimate of drug-likeness (QED) is 0.328. The highest BCUT2D eigenvalue weighted by atomic mass is 16.6. The van der Waals surface area contributed by atoms with Crippen LogP contribution in [0.3, 0.4) is 0 Å². The van der Waals surface area contributed by atoms with Crippen molar-refractivity contribution in [2.45, 2.75) is 93.2 Å². The van der Waals surface area contributed by atoms with Crippen LogP contribution in [-0.2, 0) is 11.2 Å². The first kappa shape index (κ1) is 29.9. The normalized spacial score (nSPS) is 14.6. The zero-order valence-electron chi connectivity index (χ0n) is 26.0. The van der Waals surface area contributed by atoms with Crippen molar-refractivity contribution < 1.29 is 9.53 Å². The largest absolute Gasteiger partial charge is 0.444 e. The van der Waals surface area contributed by atoms with E-state index in [4.69, 9.17) is 14.7 Å². The van der Waals surface area contributed by atoms with Crippen molar-refractivity contribution in [1.29, 1.82) is 0 Å². The maximum atomic E-state index is 12.6. The Labute approximate surface area is 244 Å². The number of hydrogen-bond donors (Lipinski definition) is 2. The number of nitrogens with zero attached hydrogens (tertiary/aromatic N) is 2. The summed E-state index contributed by atoms with van der Waals surface area (Å²) in [6.45, 7) is 20.7. The highest BCUT2D eigenvalue weighted by Crippen LogP contribution is 2.34. The van der Waals surface area contributed by atoms with Crippen LogP contribution in [0, 0.1) is 34.5 Å². The molecule has 0 unspecified atom stereocenters. The molecule has 2 aromatic carbocycles. The molecular weight excluding hydrogens is 508 g/mol. The third kappa shape index (κ3) is 7.59. The fourth-order valence-electron chi connectivity index (χ4n) is 4.62. The zero-order chi connectivity index (χ0) is 30.2. The number of benzene rings is 2. The van der Waals surface area contributed by atoms with Crippen LogP contribution in [0.15, 0.2) is 41.4 Å². The molecule has 0 saturated carbocycles. The van der Waals surface area contributed by atoms with E-state index < -0.39 is 11.7 Å². The van der Waals surface area contributed by atoms with Crippen LogP contribution >= 0.6 is 0 Å². The summed E-state index contributed by atoms with van der Waals surface area (Å²) in [5, 5.41) is 3.04. The molecule has 2 atom stereocenters. The van der Waals surface area contributed by atoms with Crippen molar-refractivity contribution in [1.82, 2.24) is 15.3 Å². The van der Waals surface area contributed by atoms with Gasteiger partial charge in [0, 0.05) is 29.2 Å². The van der Waals surface area contributed by atoms with Gasteiger partial charge in [-0.1, -0.05) is 60.3 Å². The number of imidazole rings is 1. The molecule has 2 N–H and O–H groups in total. The van der Waals surface area contributed by atoms with Crippen molar-refractivity contribution >= 4 is 28.5 Å². The Kier molecular flexibility index (Phi) is 8.10. The maximum absolute atomic E-state index is 12.6. The lowest BCUT2D eigenvalue weighted by Crippen LogP contribution is -2.50. The number of hydrogen-bond acceptors (Lipinski definition) is 4. The minimum atomic E-state index is -0.566. The van der Waals surface area contributed by atoms with Gasteiger partial charge in [-0.3, -0.25) is 4.99 Å². The predicted molar refractivity (Wildman–Crippen MR) is 168 cm³/mol. The Balaban J connectivity index is 1.46. The summed E-state index contributed by atoms with van der Waals surface area (Å²) >= 11 is 0. The molecule has 1 amide bonds. The van der Waals surface area contributed by atoms with E-state index in [2.05, 4.69) is 88.5 Å². The van der Waals surface area contributed by atoms with E-state index in [1.54, 1.807) is 0 Å². The van der Waals surface area contributed by atoms with Gasteiger partial charge in [-0.15, -0.1) is 0 Å². The van der Waals surface area contributed by atoms with Crippen LogP contribution in [0.4, 0.5) is 10.5 Å². The monoisotopic (exact) mass is 550 g/mol. The van der Waals surface area contributed by atoms with E-state index in [1.807, 2.05) is 51.1 Å². The summed E-state index contributed by atoms with van der Waals surface area (Å²) in [4.78, 5) is 25.7. The lowest BCUT2D eigenvalue weighted by molar-refractivity contribution is 0.0490. The number of alkyl carbamates (subject to hydrolysis) is 1. The first-order valence-corrected chi connectivity index (χ1v) is 14.2. The van der Waals surface area contributed by atoms with Gasteiger partial charge < -0.3 is 15.0 Å². The molecule has 41 heavy (non-hydrogen) atoms. The number of aromatic nitrogens is 2. The van der Waals surface area contributed by atoms with Crippen LogP contribution in [0.2, 0.25) is 0 Å². The van der Waals surface area contributed by atoms with E-state index in [1.165, 1.54) is 0 Å². The van der Waals surface area contributed by atoms with Gasteiger partial charge in [0.05, 0.1) is 22.8 Å². The number of aromatic amines is 1. The minimum Gasteiger partial charge on any atom is -0.444 e. The lowest BCUT2D eigenvalue weighted by atomic mass is 9.82. The second-order valence-electron chi connectivity index (χ2n) is 14.0. The Morgan fingerprint density at radius 2 is 1.56 bits per heavy atom. The molecule has 214 valence electrons. The predicted octanol–water partition coefficient (Wildman–Crippen LogP) is 7.68. The Morgan fingerprint density at radius 3 is 2.17 bits per heavy atom. The molecule has 1 aromatic heterocycles. The molecule has 4 rings (SSSR count). The summed E-state index contributed by atoms with van der Waals surface area (Å²) in [5.41, 5.74) is 5.94. The first-order valence-electron chi connectivity index (χ1n) is 14.2. The van der Waals surface area contributed by atoms with Crippen LogP contribution < -0.4 is 5.32 Å². The van der Waals surface area contributed by atoms with E-state index in [9.17, 15) is 4.79 Å². The molecule has 0 saturated heterocycles. The third-order valence-electron chi connectivity index (χ3n) is 7.26. The standard InChI is InChI=1S/C35H42N4O2/c1-22(33(2,3)4)31-37-27-18-16-24(20-28(27)38-31)14-12-11-13-23-15-17-26-25(19-23)21-29(36-26)30(34(5,6)7)39-32(40)41-35(8,9)10/h15-20,22,30H,21H2,1-10H3,(H,37,38)(H,39,40)/t22-,30-/m1/s1. The molecule has 6 heteroatoms. The van der Waals surface area contributed by atoms with Crippen LogP contribution in [0.25, 0.3) is 11.0 Å². The number of ether oxygens (including phenoxy) is 1. The topological polar surface area (TPSA) is 79.4 Å². The summed E-state index contributed by atoms with van der Waals surface area (Å²) in [6, 6.07) is 11.8. The average molecular weight is 551 g/mol. The minimum absolute atomic E-state index is 0.128. The van der Waals surface area contributed by atoms with E-state index in [-0.39, 0.29) is 16.9 Å². The van der Waals surface area contributed by atoms with Gasteiger partial charge in [0.1, 0.15) is 11.4 Å². The Bertz CT molecular complexity index is 1620.